The standard InChI is InChI=1S/C16H27BrN2/c1-15(2,3)14-5-7-16(12-17,8-6-14)9-13-10-18-19(4)11-13/h10-11,14H,5-9,12H2,1-4H3. The van der Waals surface area contributed by atoms with Gasteiger partial charge >= 0.3 is 0 Å². The molecule has 1 aromatic rings. The second-order valence-electron chi connectivity index (χ2n) is 7.47. The first-order chi connectivity index (χ1) is 8.85. The van der Waals surface area contributed by atoms with Crippen molar-refractivity contribution in [2.24, 2.45) is 23.8 Å². The fourth-order valence-electron chi connectivity index (χ4n) is 3.45. The third kappa shape index (κ3) is 3.62. The number of halogens is 1. The SMILES string of the molecule is Cn1cc(CC2(CBr)CCC(C(C)(C)C)CC2)cn1. The number of aryl methyl sites for hydroxylation is 1. The molecule has 1 aromatic heterocycles. The smallest absolute Gasteiger partial charge is 0.0521 e. The summed E-state index contributed by atoms with van der Waals surface area (Å²) in [6.45, 7) is 7.17. The summed E-state index contributed by atoms with van der Waals surface area (Å²) in [7, 11) is 2.00. The van der Waals surface area contributed by atoms with E-state index in [-0.39, 0.29) is 0 Å². The number of rotatable bonds is 3. The molecule has 0 saturated heterocycles. The fraction of sp³-hybridized carbons (Fsp3) is 0.812. The predicted octanol–water partition coefficient (Wildman–Crippen LogP) is 4.58. The lowest BCUT2D eigenvalue weighted by Crippen LogP contribution is -2.35. The largest absolute Gasteiger partial charge is 0.276 e. The summed E-state index contributed by atoms with van der Waals surface area (Å²) < 4.78 is 1.91. The third-order valence-electron chi connectivity index (χ3n) is 4.89. The number of aromatic nitrogens is 2. The molecule has 0 amide bonds. The summed E-state index contributed by atoms with van der Waals surface area (Å²) in [5.41, 5.74) is 2.30. The summed E-state index contributed by atoms with van der Waals surface area (Å²) in [6, 6.07) is 0. The summed E-state index contributed by atoms with van der Waals surface area (Å²) in [4.78, 5) is 0. The van der Waals surface area contributed by atoms with Crippen molar-refractivity contribution in [1.29, 1.82) is 0 Å². The van der Waals surface area contributed by atoms with Crippen LogP contribution in [0.5, 0.6) is 0 Å². The Morgan fingerprint density at radius 3 is 2.42 bits per heavy atom. The van der Waals surface area contributed by atoms with E-state index in [4.69, 9.17) is 0 Å². The molecule has 0 spiro atoms. The lowest BCUT2D eigenvalue weighted by Gasteiger charge is -2.43. The molecule has 2 nitrogen and oxygen atoms in total. The van der Waals surface area contributed by atoms with Gasteiger partial charge in [-0.15, -0.1) is 0 Å². The van der Waals surface area contributed by atoms with Crippen LogP contribution in [-0.4, -0.2) is 15.1 Å². The molecular weight excluding hydrogens is 300 g/mol. The number of hydrogen-bond donors (Lipinski definition) is 0. The first kappa shape index (κ1) is 15.1. The molecule has 19 heavy (non-hydrogen) atoms. The molecule has 108 valence electrons. The lowest BCUT2D eigenvalue weighted by molar-refractivity contribution is 0.103. The van der Waals surface area contributed by atoms with Gasteiger partial charge in [0, 0.05) is 18.6 Å². The van der Waals surface area contributed by atoms with E-state index >= 15 is 0 Å². The van der Waals surface area contributed by atoms with Crippen LogP contribution in [0.2, 0.25) is 0 Å². The van der Waals surface area contributed by atoms with Gasteiger partial charge in [0.15, 0.2) is 0 Å². The molecule has 0 unspecified atom stereocenters. The average Bonchev–Trinajstić information content (AvgIpc) is 2.74. The van der Waals surface area contributed by atoms with Crippen LogP contribution in [0.15, 0.2) is 12.4 Å². The molecule has 1 heterocycles. The highest BCUT2D eigenvalue weighted by molar-refractivity contribution is 9.09. The molecule has 3 heteroatoms. The van der Waals surface area contributed by atoms with Crippen molar-refractivity contribution in [1.82, 2.24) is 9.78 Å². The summed E-state index contributed by atoms with van der Waals surface area (Å²) in [5.74, 6) is 0.883. The van der Waals surface area contributed by atoms with E-state index in [1.54, 1.807) is 0 Å². The minimum Gasteiger partial charge on any atom is -0.276 e. The van der Waals surface area contributed by atoms with Gasteiger partial charge in [-0.2, -0.15) is 5.10 Å². The molecule has 0 atom stereocenters. The predicted molar refractivity (Wildman–Crippen MR) is 84.6 cm³/mol. The average molecular weight is 327 g/mol. The molecule has 2 rings (SSSR count). The van der Waals surface area contributed by atoms with Gasteiger partial charge in [-0.05, 0) is 54.4 Å². The molecule has 1 saturated carbocycles. The van der Waals surface area contributed by atoms with E-state index in [2.05, 4.69) is 48.0 Å². The van der Waals surface area contributed by atoms with Crippen molar-refractivity contribution in [3.63, 3.8) is 0 Å². The second kappa shape index (κ2) is 5.59. The van der Waals surface area contributed by atoms with Crippen LogP contribution < -0.4 is 0 Å². The van der Waals surface area contributed by atoms with Crippen molar-refractivity contribution >= 4 is 15.9 Å². The van der Waals surface area contributed by atoms with Gasteiger partial charge < -0.3 is 0 Å². The van der Waals surface area contributed by atoms with Gasteiger partial charge in [0.1, 0.15) is 0 Å². The van der Waals surface area contributed by atoms with E-state index in [1.807, 2.05) is 17.9 Å². The number of hydrogen-bond acceptors (Lipinski definition) is 1. The zero-order valence-corrected chi connectivity index (χ0v) is 14.3. The maximum absolute atomic E-state index is 4.30. The van der Waals surface area contributed by atoms with Gasteiger partial charge in [-0.3, -0.25) is 4.68 Å². The van der Waals surface area contributed by atoms with Crippen molar-refractivity contribution in [2.75, 3.05) is 5.33 Å². The Hall–Kier alpha value is -0.310. The van der Waals surface area contributed by atoms with E-state index in [9.17, 15) is 0 Å². The lowest BCUT2D eigenvalue weighted by atomic mass is 9.63. The Morgan fingerprint density at radius 2 is 2.00 bits per heavy atom. The highest BCUT2D eigenvalue weighted by Crippen LogP contribution is 2.47. The zero-order valence-electron chi connectivity index (χ0n) is 12.7. The quantitative estimate of drug-likeness (QED) is 0.743. The number of nitrogens with zero attached hydrogens (tertiary/aromatic N) is 2. The van der Waals surface area contributed by atoms with Crippen molar-refractivity contribution in [3.05, 3.63) is 18.0 Å². The van der Waals surface area contributed by atoms with Crippen LogP contribution >= 0.6 is 15.9 Å². The maximum atomic E-state index is 4.30. The minimum absolute atomic E-state index is 0.449. The van der Waals surface area contributed by atoms with Crippen molar-refractivity contribution in [3.8, 4) is 0 Å². The topological polar surface area (TPSA) is 17.8 Å². The van der Waals surface area contributed by atoms with Crippen LogP contribution in [0.25, 0.3) is 0 Å². The fourth-order valence-corrected chi connectivity index (χ4v) is 4.21. The Balaban J connectivity index is 2.02. The van der Waals surface area contributed by atoms with Crippen LogP contribution in [0.4, 0.5) is 0 Å². The molecular formula is C16H27BrN2. The van der Waals surface area contributed by atoms with Gasteiger partial charge in [-0.25, -0.2) is 0 Å². The Kier molecular flexibility index (Phi) is 4.44. The van der Waals surface area contributed by atoms with Gasteiger partial charge in [0.25, 0.3) is 0 Å². The maximum Gasteiger partial charge on any atom is 0.0521 e. The van der Waals surface area contributed by atoms with Crippen molar-refractivity contribution in [2.45, 2.75) is 52.9 Å². The van der Waals surface area contributed by atoms with Crippen LogP contribution in [0, 0.1) is 16.7 Å². The van der Waals surface area contributed by atoms with Gasteiger partial charge in [0.05, 0.1) is 6.20 Å². The molecule has 0 aromatic carbocycles. The molecule has 1 fully saturated rings. The zero-order chi connectivity index (χ0) is 14.1. The molecule has 1 aliphatic carbocycles. The minimum atomic E-state index is 0.449. The number of alkyl halides is 1. The molecule has 0 aliphatic heterocycles. The molecule has 0 bridgehead atoms. The van der Waals surface area contributed by atoms with Gasteiger partial charge in [-0.1, -0.05) is 36.7 Å². The van der Waals surface area contributed by atoms with Crippen molar-refractivity contribution < 1.29 is 0 Å². The van der Waals surface area contributed by atoms with Gasteiger partial charge in [0.2, 0.25) is 0 Å². The van der Waals surface area contributed by atoms with E-state index in [1.165, 1.54) is 37.7 Å². The Morgan fingerprint density at radius 1 is 1.37 bits per heavy atom. The summed E-state index contributed by atoms with van der Waals surface area (Å²) in [6.07, 6.45) is 10.8. The van der Waals surface area contributed by atoms with Crippen LogP contribution in [0.1, 0.15) is 52.0 Å². The molecule has 0 N–H and O–H groups in total. The second-order valence-corrected chi connectivity index (χ2v) is 8.03. The highest BCUT2D eigenvalue weighted by Gasteiger charge is 2.38. The Bertz CT molecular complexity index is 409. The third-order valence-corrected chi connectivity index (χ3v) is 6.08. The van der Waals surface area contributed by atoms with Crippen LogP contribution in [0.3, 0.4) is 0 Å². The highest BCUT2D eigenvalue weighted by atomic mass is 79.9. The van der Waals surface area contributed by atoms with Crippen LogP contribution in [-0.2, 0) is 13.5 Å². The normalized spacial score (nSPS) is 28.6. The van der Waals surface area contributed by atoms with E-state index in [0.717, 1.165) is 11.2 Å². The van der Waals surface area contributed by atoms with E-state index < -0.39 is 0 Å². The summed E-state index contributed by atoms with van der Waals surface area (Å²) in [5, 5.41) is 5.42. The summed E-state index contributed by atoms with van der Waals surface area (Å²) >= 11 is 3.78. The first-order valence-electron chi connectivity index (χ1n) is 7.38. The monoisotopic (exact) mass is 326 g/mol. The first-order valence-corrected chi connectivity index (χ1v) is 8.50. The molecule has 1 aliphatic rings. The Labute approximate surface area is 126 Å². The van der Waals surface area contributed by atoms with E-state index in [0.29, 0.717) is 10.8 Å². The molecule has 0 radical (unpaired) electrons.